The van der Waals surface area contributed by atoms with E-state index in [0.717, 1.165) is 13.1 Å². The molecule has 0 aliphatic rings. The van der Waals surface area contributed by atoms with Gasteiger partial charge in [0.15, 0.2) is 0 Å². The van der Waals surface area contributed by atoms with Gasteiger partial charge < -0.3 is 14.8 Å². The molecule has 0 aromatic heterocycles. The van der Waals surface area contributed by atoms with Crippen LogP contribution in [0.4, 0.5) is 0 Å². The van der Waals surface area contributed by atoms with Crippen molar-refractivity contribution in [3.8, 4) is 178 Å². The molecular weight excluding hydrogens is 558 g/mol. The van der Waals surface area contributed by atoms with E-state index in [1.54, 1.807) is 13.8 Å². The summed E-state index contributed by atoms with van der Waals surface area (Å²) in [4.78, 5) is 23.1. The second-order valence-electron chi connectivity index (χ2n) is 6.84. The van der Waals surface area contributed by atoms with Gasteiger partial charge in [-0.1, -0.05) is 11.8 Å². The first-order valence-corrected chi connectivity index (χ1v) is 12.7. The van der Waals surface area contributed by atoms with E-state index in [1.165, 1.54) is 0 Å². The fourth-order valence-electron chi connectivity index (χ4n) is 1.98. The summed E-state index contributed by atoms with van der Waals surface area (Å²) in [6.07, 6.45) is 1.27. The third-order valence-corrected chi connectivity index (χ3v) is 3.65. The molecule has 0 saturated heterocycles. The van der Waals surface area contributed by atoms with E-state index < -0.39 is 11.9 Å². The molecule has 0 rings (SSSR count). The van der Waals surface area contributed by atoms with Gasteiger partial charge in [-0.25, -0.2) is 9.59 Å². The summed E-state index contributed by atoms with van der Waals surface area (Å²) in [5, 5.41) is 2.01. The topological polar surface area (TPSA) is 69.2 Å². The molecule has 0 heterocycles. The van der Waals surface area contributed by atoms with Crippen molar-refractivity contribution in [1.82, 2.24) is 0 Å². The minimum atomic E-state index is -0.677. The van der Waals surface area contributed by atoms with Crippen molar-refractivity contribution in [1.29, 1.82) is 0 Å². The summed E-state index contributed by atoms with van der Waals surface area (Å²) in [5.74, 6) is 72.7. The molecular formula is C40H20NO4+. The van der Waals surface area contributed by atoms with Crippen molar-refractivity contribution in [2.75, 3.05) is 26.3 Å². The highest BCUT2D eigenvalue weighted by Gasteiger charge is 1.99. The number of carbonyl (C=O) groups is 2. The lowest BCUT2D eigenvalue weighted by molar-refractivity contribution is -0.655. The Kier molecular flexibility index (Phi) is 26.9. The molecule has 0 aromatic rings. The molecule has 0 radical (unpaired) electrons. The van der Waals surface area contributed by atoms with Crippen LogP contribution in [-0.2, 0) is 19.1 Å². The summed E-state index contributed by atoms with van der Waals surface area (Å²) in [7, 11) is 0. The normalized spacial score (nSPS) is 5.91. The molecule has 0 aliphatic carbocycles. The van der Waals surface area contributed by atoms with Crippen molar-refractivity contribution in [2.45, 2.75) is 26.7 Å². The molecule has 208 valence electrons. The molecule has 0 amide bonds. The Bertz CT molecular complexity index is 2080. The lowest BCUT2D eigenvalue weighted by Crippen LogP contribution is -2.84. The average molecular weight is 579 g/mol. The zero-order valence-electron chi connectivity index (χ0n) is 24.5. The standard InChI is InChI=1S/C40H19NO4/c1-3-5-7-9-11-13-15-17-18-20-22-24-26-28-30-34-40(43)45-38-32-36-41-35-31-37-44-39(42)33-29-27-25-23-21-19-16-14-12-10-8-6-4-2/h41H,31-32,35-38H2,1-2H3/p+1. The average Bonchev–Trinajstić information content (AvgIpc) is 3.04. The van der Waals surface area contributed by atoms with Gasteiger partial charge in [0.2, 0.25) is 0 Å². The fourth-order valence-corrected chi connectivity index (χ4v) is 1.98. The maximum absolute atomic E-state index is 11.6. The Morgan fingerprint density at radius 1 is 0.400 bits per heavy atom. The molecule has 0 bridgehead atoms. The number of carbonyl (C=O) groups excluding carboxylic acids is 2. The molecule has 0 atom stereocenters. The number of ether oxygens (including phenoxy) is 2. The van der Waals surface area contributed by atoms with E-state index in [2.05, 4.69) is 178 Å². The number of nitrogens with two attached hydrogens (primary N) is 1. The van der Waals surface area contributed by atoms with Crippen LogP contribution < -0.4 is 5.32 Å². The van der Waals surface area contributed by atoms with Gasteiger partial charge in [0, 0.05) is 24.7 Å². The Balaban J connectivity index is 4.01. The second kappa shape index (κ2) is 32.5. The fraction of sp³-hybridized carbons (Fsp3) is 0.200. The largest absolute Gasteiger partial charge is 0.456 e. The van der Waals surface area contributed by atoms with Crippen molar-refractivity contribution >= 4 is 11.9 Å². The molecule has 0 spiro atoms. The lowest BCUT2D eigenvalue weighted by Gasteiger charge is -2.02. The van der Waals surface area contributed by atoms with Crippen molar-refractivity contribution < 1.29 is 24.4 Å². The van der Waals surface area contributed by atoms with Gasteiger partial charge in [0.05, 0.1) is 26.3 Å². The molecule has 0 unspecified atom stereocenters. The molecule has 0 saturated carbocycles. The molecule has 0 fully saturated rings. The SMILES string of the molecule is CC#CC#CC#CC#CC#CC#CC#CC#CC(=O)OCCC[NH2+]CCCOC(=O)C#CC#CC#CC#CC#CC#CC#CC. The maximum Gasteiger partial charge on any atom is 0.385 e. The summed E-state index contributed by atoms with van der Waals surface area (Å²) in [6.45, 7) is 5.25. The number of esters is 2. The van der Waals surface area contributed by atoms with Crippen molar-refractivity contribution in [2.24, 2.45) is 0 Å². The first-order chi connectivity index (χ1) is 22.2. The predicted octanol–water partition coefficient (Wildman–Crippen LogP) is -0.493. The van der Waals surface area contributed by atoms with Gasteiger partial charge in [0.1, 0.15) is 0 Å². The molecule has 5 heteroatoms. The highest BCUT2D eigenvalue weighted by atomic mass is 16.5. The van der Waals surface area contributed by atoms with Gasteiger partial charge >= 0.3 is 11.9 Å². The number of quaternary nitrogens is 1. The Hall–Kier alpha value is -7.70. The van der Waals surface area contributed by atoms with Gasteiger partial charge in [0.25, 0.3) is 0 Å². The zero-order valence-corrected chi connectivity index (χ0v) is 24.5. The van der Waals surface area contributed by atoms with Crippen LogP contribution in [0.1, 0.15) is 26.7 Å². The van der Waals surface area contributed by atoms with Gasteiger partial charge in [-0.3, -0.25) is 0 Å². The Labute approximate surface area is 266 Å². The Morgan fingerprint density at radius 3 is 0.911 bits per heavy atom. The minimum Gasteiger partial charge on any atom is -0.456 e. The monoisotopic (exact) mass is 578 g/mol. The van der Waals surface area contributed by atoms with Crippen LogP contribution in [0, 0.1) is 178 Å². The highest BCUT2D eigenvalue weighted by molar-refractivity contribution is 5.89. The predicted molar refractivity (Wildman–Crippen MR) is 171 cm³/mol. The maximum atomic E-state index is 11.6. The molecule has 0 aliphatic heterocycles. The first-order valence-electron chi connectivity index (χ1n) is 12.7. The minimum absolute atomic E-state index is 0.221. The van der Waals surface area contributed by atoms with E-state index in [-0.39, 0.29) is 13.2 Å². The smallest absolute Gasteiger partial charge is 0.385 e. The van der Waals surface area contributed by atoms with Crippen molar-refractivity contribution in [3.05, 3.63) is 0 Å². The quantitative estimate of drug-likeness (QED) is 0.183. The number of rotatable bonds is 8. The van der Waals surface area contributed by atoms with Crippen LogP contribution in [0.2, 0.25) is 0 Å². The highest BCUT2D eigenvalue weighted by Crippen LogP contribution is 1.82. The van der Waals surface area contributed by atoms with Gasteiger partial charge in [-0.2, -0.15) is 0 Å². The van der Waals surface area contributed by atoms with E-state index in [0.29, 0.717) is 12.8 Å². The van der Waals surface area contributed by atoms with Gasteiger partial charge in [-0.05, 0) is 168 Å². The third-order valence-electron chi connectivity index (χ3n) is 3.65. The van der Waals surface area contributed by atoms with Crippen LogP contribution in [-0.4, -0.2) is 38.2 Å². The van der Waals surface area contributed by atoms with Crippen LogP contribution in [0.5, 0.6) is 0 Å². The van der Waals surface area contributed by atoms with E-state index in [9.17, 15) is 9.59 Å². The summed E-state index contributed by atoms with van der Waals surface area (Å²) in [5.41, 5.74) is 0. The van der Waals surface area contributed by atoms with E-state index >= 15 is 0 Å². The van der Waals surface area contributed by atoms with Crippen LogP contribution in [0.3, 0.4) is 0 Å². The molecule has 2 N–H and O–H groups in total. The van der Waals surface area contributed by atoms with E-state index in [4.69, 9.17) is 9.47 Å². The summed E-state index contributed by atoms with van der Waals surface area (Å²) >= 11 is 0. The molecule has 5 nitrogen and oxygen atoms in total. The zero-order chi connectivity index (χ0) is 32.7. The Morgan fingerprint density at radius 2 is 0.644 bits per heavy atom. The summed E-state index contributed by atoms with van der Waals surface area (Å²) < 4.78 is 9.99. The van der Waals surface area contributed by atoms with Crippen molar-refractivity contribution in [3.63, 3.8) is 0 Å². The number of hydrogen-bond donors (Lipinski definition) is 1. The first kappa shape index (κ1) is 37.3. The van der Waals surface area contributed by atoms with Gasteiger partial charge in [-0.15, -0.1) is 0 Å². The lowest BCUT2D eigenvalue weighted by atomic mass is 10.4. The van der Waals surface area contributed by atoms with E-state index in [1.807, 2.05) is 5.32 Å². The number of hydrogen-bond acceptors (Lipinski definition) is 4. The van der Waals surface area contributed by atoms with Crippen LogP contribution >= 0.6 is 0 Å². The molecule has 45 heavy (non-hydrogen) atoms. The molecule has 0 aromatic carbocycles. The van der Waals surface area contributed by atoms with Crippen LogP contribution in [0.25, 0.3) is 0 Å². The third kappa shape index (κ3) is 32.4. The summed E-state index contributed by atoms with van der Waals surface area (Å²) in [6, 6.07) is 0. The van der Waals surface area contributed by atoms with Crippen LogP contribution in [0.15, 0.2) is 0 Å². The second-order valence-corrected chi connectivity index (χ2v) is 6.84.